The maximum absolute atomic E-state index is 12.5. The molecule has 0 spiro atoms. The number of rotatable bonds is 4. The molecule has 0 saturated carbocycles. The summed E-state index contributed by atoms with van der Waals surface area (Å²) in [5, 5.41) is 0. The summed E-state index contributed by atoms with van der Waals surface area (Å²) < 4.78 is 7.70. The van der Waals surface area contributed by atoms with Gasteiger partial charge in [-0.15, -0.1) is 0 Å². The van der Waals surface area contributed by atoms with Crippen LogP contribution in [0.1, 0.15) is 29.7 Å². The molecule has 0 saturated heterocycles. The molecule has 3 aromatic rings. The summed E-state index contributed by atoms with van der Waals surface area (Å²) in [6.07, 6.45) is 0.542. The quantitative estimate of drug-likeness (QED) is 0.673. The van der Waals surface area contributed by atoms with Crippen molar-refractivity contribution in [2.24, 2.45) is 4.99 Å². The largest absolute Gasteiger partial charge is 0.467 e. The molecule has 3 rings (SSSR count). The van der Waals surface area contributed by atoms with Gasteiger partial charge in [-0.1, -0.05) is 48.6 Å². The van der Waals surface area contributed by atoms with Gasteiger partial charge in [0.15, 0.2) is 4.80 Å². The van der Waals surface area contributed by atoms with E-state index >= 15 is 0 Å². The van der Waals surface area contributed by atoms with E-state index < -0.39 is 6.04 Å². The summed E-state index contributed by atoms with van der Waals surface area (Å²) in [6.45, 7) is 1.91. The fourth-order valence-electron chi connectivity index (χ4n) is 2.69. The Morgan fingerprint density at radius 2 is 1.80 bits per heavy atom. The predicted octanol–water partition coefficient (Wildman–Crippen LogP) is 3.57. The van der Waals surface area contributed by atoms with Crippen molar-refractivity contribution in [2.45, 2.75) is 19.4 Å². The first kappa shape index (κ1) is 17.1. The third kappa shape index (κ3) is 3.39. The average molecular weight is 354 g/mol. The molecule has 0 bridgehead atoms. The van der Waals surface area contributed by atoms with E-state index in [1.54, 1.807) is 28.8 Å². The second-order valence-corrected chi connectivity index (χ2v) is 6.46. The van der Waals surface area contributed by atoms with Gasteiger partial charge >= 0.3 is 5.97 Å². The Hall–Kier alpha value is -2.73. The second kappa shape index (κ2) is 7.44. The van der Waals surface area contributed by atoms with E-state index in [1.807, 2.05) is 37.3 Å². The van der Waals surface area contributed by atoms with E-state index in [9.17, 15) is 9.59 Å². The van der Waals surface area contributed by atoms with Gasteiger partial charge < -0.3 is 9.30 Å². The molecule has 0 fully saturated rings. The van der Waals surface area contributed by atoms with Gasteiger partial charge in [-0.25, -0.2) is 4.79 Å². The summed E-state index contributed by atoms with van der Waals surface area (Å²) >= 11 is 1.39. The molecule has 0 aliphatic carbocycles. The smallest absolute Gasteiger partial charge is 0.328 e. The lowest BCUT2D eigenvalue weighted by Gasteiger charge is -2.15. The number of amides is 1. The fourth-order valence-corrected chi connectivity index (χ4v) is 3.76. The molecular formula is C19H18N2O3S. The highest BCUT2D eigenvalue weighted by molar-refractivity contribution is 7.16. The number of aromatic nitrogens is 1. The lowest BCUT2D eigenvalue weighted by Crippen LogP contribution is -2.28. The van der Waals surface area contributed by atoms with Crippen LogP contribution in [0.2, 0.25) is 0 Å². The summed E-state index contributed by atoms with van der Waals surface area (Å²) in [5.41, 5.74) is 1.38. The van der Waals surface area contributed by atoms with Crippen LogP contribution in [0, 0.1) is 0 Å². The molecule has 6 heteroatoms. The number of methoxy groups -OCH3 is 1. The number of thiazole rings is 1. The zero-order chi connectivity index (χ0) is 17.8. The number of hydrogen-bond acceptors (Lipinski definition) is 4. The van der Waals surface area contributed by atoms with E-state index in [2.05, 4.69) is 4.99 Å². The molecule has 1 heterocycles. The lowest BCUT2D eigenvalue weighted by molar-refractivity contribution is -0.144. The molecule has 1 atom stereocenters. The van der Waals surface area contributed by atoms with E-state index in [0.29, 0.717) is 16.8 Å². The molecule has 128 valence electrons. The van der Waals surface area contributed by atoms with Crippen LogP contribution in [0.3, 0.4) is 0 Å². The molecule has 0 aliphatic rings. The van der Waals surface area contributed by atoms with Crippen LogP contribution < -0.4 is 4.80 Å². The van der Waals surface area contributed by atoms with Crippen molar-refractivity contribution in [1.82, 2.24) is 4.57 Å². The lowest BCUT2D eigenvalue weighted by atomic mass is 10.2. The molecule has 1 aromatic heterocycles. The number of nitrogens with zero attached hydrogens (tertiary/aromatic N) is 2. The van der Waals surface area contributed by atoms with Gasteiger partial charge in [-0.2, -0.15) is 4.99 Å². The summed E-state index contributed by atoms with van der Waals surface area (Å²) in [4.78, 5) is 29.5. The van der Waals surface area contributed by atoms with Crippen molar-refractivity contribution in [2.75, 3.05) is 7.11 Å². The normalized spacial score (nSPS) is 13.0. The number of carbonyl (C=O) groups is 2. The van der Waals surface area contributed by atoms with Gasteiger partial charge in [0.2, 0.25) is 0 Å². The fraction of sp³-hybridized carbons (Fsp3) is 0.211. The Balaban J connectivity index is 2.21. The van der Waals surface area contributed by atoms with Gasteiger partial charge in [0.25, 0.3) is 5.91 Å². The minimum atomic E-state index is -0.525. The highest BCUT2D eigenvalue weighted by atomic mass is 32.1. The van der Waals surface area contributed by atoms with Crippen molar-refractivity contribution in [3.05, 3.63) is 65.0 Å². The molecule has 1 amide bonds. The van der Waals surface area contributed by atoms with Gasteiger partial charge in [0, 0.05) is 5.56 Å². The molecule has 2 aromatic carbocycles. The zero-order valence-electron chi connectivity index (χ0n) is 14.0. The maximum Gasteiger partial charge on any atom is 0.328 e. The summed E-state index contributed by atoms with van der Waals surface area (Å²) in [5.74, 6) is -0.680. The number of esters is 1. The van der Waals surface area contributed by atoms with Crippen molar-refractivity contribution >= 4 is 33.4 Å². The van der Waals surface area contributed by atoms with Gasteiger partial charge in [-0.3, -0.25) is 4.79 Å². The third-order valence-corrected chi connectivity index (χ3v) is 4.96. The minimum absolute atomic E-state index is 0.333. The molecule has 0 aliphatic heterocycles. The molecule has 25 heavy (non-hydrogen) atoms. The minimum Gasteiger partial charge on any atom is -0.467 e. The zero-order valence-corrected chi connectivity index (χ0v) is 14.8. The third-order valence-electron chi connectivity index (χ3n) is 3.92. The number of ether oxygens (including phenoxy) is 1. The first-order chi connectivity index (χ1) is 12.2. The van der Waals surface area contributed by atoms with E-state index in [4.69, 9.17) is 4.74 Å². The molecule has 0 radical (unpaired) electrons. The van der Waals surface area contributed by atoms with Crippen LogP contribution in [0.25, 0.3) is 10.2 Å². The Morgan fingerprint density at radius 1 is 1.12 bits per heavy atom. The van der Waals surface area contributed by atoms with Gasteiger partial charge in [0.05, 0.1) is 17.3 Å². The van der Waals surface area contributed by atoms with Crippen molar-refractivity contribution in [1.29, 1.82) is 0 Å². The number of benzene rings is 2. The number of hydrogen-bond donors (Lipinski definition) is 0. The highest BCUT2D eigenvalue weighted by Crippen LogP contribution is 2.23. The first-order valence-corrected chi connectivity index (χ1v) is 8.79. The van der Waals surface area contributed by atoms with E-state index in [-0.39, 0.29) is 11.9 Å². The monoisotopic (exact) mass is 354 g/mol. The van der Waals surface area contributed by atoms with Crippen LogP contribution in [-0.4, -0.2) is 23.6 Å². The Morgan fingerprint density at radius 3 is 2.48 bits per heavy atom. The number of para-hydroxylation sites is 1. The SMILES string of the molecule is CCC(C(=O)OC)n1c(=NC(=O)c2ccccc2)sc2ccccc21. The molecule has 5 nitrogen and oxygen atoms in total. The van der Waals surface area contributed by atoms with Crippen LogP contribution in [0.5, 0.6) is 0 Å². The van der Waals surface area contributed by atoms with Gasteiger partial charge in [-0.05, 0) is 30.7 Å². The van der Waals surface area contributed by atoms with Crippen LogP contribution in [-0.2, 0) is 9.53 Å². The Labute approximate surface area is 149 Å². The number of fused-ring (bicyclic) bond motifs is 1. The van der Waals surface area contributed by atoms with E-state index in [0.717, 1.165) is 10.2 Å². The molecule has 1 unspecified atom stereocenters. The topological polar surface area (TPSA) is 60.7 Å². The van der Waals surface area contributed by atoms with Crippen LogP contribution in [0.15, 0.2) is 59.6 Å². The van der Waals surface area contributed by atoms with Crippen molar-refractivity contribution in [3.8, 4) is 0 Å². The average Bonchev–Trinajstić information content (AvgIpc) is 3.01. The molecular weight excluding hydrogens is 336 g/mol. The standard InChI is InChI=1S/C19H18N2O3S/c1-3-14(18(23)24-2)21-15-11-7-8-12-16(15)25-19(21)20-17(22)13-9-5-4-6-10-13/h4-12,14H,3H2,1-2H3. The van der Waals surface area contributed by atoms with Crippen LogP contribution >= 0.6 is 11.3 Å². The van der Waals surface area contributed by atoms with Crippen molar-refractivity contribution in [3.63, 3.8) is 0 Å². The predicted molar refractivity (Wildman–Crippen MR) is 97.5 cm³/mol. The van der Waals surface area contributed by atoms with Crippen molar-refractivity contribution < 1.29 is 14.3 Å². The Bertz CT molecular complexity index is 973. The maximum atomic E-state index is 12.5. The summed E-state index contributed by atoms with van der Waals surface area (Å²) in [6, 6.07) is 16.1. The van der Waals surface area contributed by atoms with Gasteiger partial charge in [0.1, 0.15) is 6.04 Å². The van der Waals surface area contributed by atoms with Crippen LogP contribution in [0.4, 0.5) is 0 Å². The second-order valence-electron chi connectivity index (χ2n) is 5.45. The molecule has 0 N–H and O–H groups in total. The highest BCUT2D eigenvalue weighted by Gasteiger charge is 2.23. The Kier molecular flexibility index (Phi) is 5.09. The van der Waals surface area contributed by atoms with E-state index in [1.165, 1.54) is 18.4 Å². The first-order valence-electron chi connectivity index (χ1n) is 7.97. The number of carbonyl (C=O) groups excluding carboxylic acids is 2. The summed E-state index contributed by atoms with van der Waals surface area (Å²) in [7, 11) is 1.37.